The number of piperidine rings is 1. The van der Waals surface area contributed by atoms with E-state index in [1.807, 2.05) is 14.1 Å². The topological polar surface area (TPSA) is 108 Å². The summed E-state index contributed by atoms with van der Waals surface area (Å²) in [5.41, 5.74) is 0. The lowest BCUT2D eigenvalue weighted by Gasteiger charge is -2.27. The molecule has 1 aliphatic rings. The number of nitrogens with zero attached hydrogens (tertiary/aromatic N) is 5. The summed E-state index contributed by atoms with van der Waals surface area (Å²) < 4.78 is 24.7. The summed E-state index contributed by atoms with van der Waals surface area (Å²) in [6.07, 6.45) is 3.29. The van der Waals surface area contributed by atoms with E-state index >= 15 is 0 Å². The number of anilines is 2. The van der Waals surface area contributed by atoms with Crippen molar-refractivity contribution in [1.82, 2.24) is 20.3 Å². The van der Waals surface area contributed by atoms with Gasteiger partial charge in [0, 0.05) is 33.6 Å². The average Bonchev–Trinajstić information content (AvgIpc) is 2.77. The summed E-state index contributed by atoms with van der Waals surface area (Å²) in [5.74, 6) is 0.988. The van der Waals surface area contributed by atoms with Crippen LogP contribution in [0.1, 0.15) is 31.5 Å². The minimum Gasteiger partial charge on any atom is -0.349 e. The van der Waals surface area contributed by atoms with E-state index in [-0.39, 0.29) is 29.5 Å². The second-order valence-electron chi connectivity index (χ2n) is 7.45. The maximum Gasteiger partial charge on any atom is 0.230 e. The molecule has 0 aliphatic carbocycles. The van der Waals surface area contributed by atoms with E-state index in [0.29, 0.717) is 17.7 Å². The molecule has 0 bridgehead atoms. The lowest BCUT2D eigenvalue weighted by atomic mass is 10.1. The van der Waals surface area contributed by atoms with Crippen molar-refractivity contribution in [3.63, 3.8) is 0 Å². The van der Waals surface area contributed by atoms with Crippen molar-refractivity contribution >= 4 is 27.6 Å². The third-order valence-electron chi connectivity index (χ3n) is 4.84. The van der Waals surface area contributed by atoms with Crippen LogP contribution in [0.3, 0.4) is 0 Å². The summed E-state index contributed by atoms with van der Waals surface area (Å²) in [4.78, 5) is 29.8. The van der Waals surface area contributed by atoms with Crippen LogP contribution < -0.4 is 15.1 Å². The molecule has 30 heavy (non-hydrogen) atoms. The Kier molecular flexibility index (Phi) is 7.20. The number of hydrogen-bond acceptors (Lipinski definition) is 8. The molecule has 0 unspecified atom stereocenters. The first-order valence-electron chi connectivity index (χ1n) is 10.1. The molecule has 1 saturated heterocycles. The summed E-state index contributed by atoms with van der Waals surface area (Å²) in [6, 6.07) is 8.14. The van der Waals surface area contributed by atoms with Crippen LogP contribution >= 0.6 is 0 Å². The van der Waals surface area contributed by atoms with Crippen molar-refractivity contribution in [2.75, 3.05) is 42.7 Å². The molecule has 1 aromatic heterocycles. The largest absolute Gasteiger partial charge is 0.349 e. The maximum atomic E-state index is 12.3. The minimum absolute atomic E-state index is 0.119. The van der Waals surface area contributed by atoms with Crippen LogP contribution in [-0.4, -0.2) is 62.2 Å². The molecule has 0 atom stereocenters. The fourth-order valence-electron chi connectivity index (χ4n) is 3.15. The summed E-state index contributed by atoms with van der Waals surface area (Å²) >= 11 is 0. The fourth-order valence-corrected chi connectivity index (χ4v) is 4.41. The minimum atomic E-state index is -3.49. The number of rotatable bonds is 8. The van der Waals surface area contributed by atoms with Gasteiger partial charge in [-0.05, 0) is 31.4 Å². The molecule has 1 N–H and O–H groups in total. The standard InChI is InChI=1S/C20H28N6O3S/c1-25(2)19-22-17(23-20(24-19)26-12-7-4-8-13-26)15-21-18(27)11-14-30(28,29)16-9-5-3-6-10-16/h3,5-6,9-10H,4,7-8,11-15H2,1-2H3,(H,21,27). The molecule has 1 fully saturated rings. The molecule has 0 spiro atoms. The maximum absolute atomic E-state index is 12.3. The molecular weight excluding hydrogens is 404 g/mol. The van der Waals surface area contributed by atoms with Gasteiger partial charge in [-0.2, -0.15) is 15.0 Å². The molecule has 1 aromatic carbocycles. The zero-order chi connectivity index (χ0) is 21.6. The fraction of sp³-hybridized carbons (Fsp3) is 0.500. The predicted octanol–water partition coefficient (Wildman–Crippen LogP) is 1.41. The number of amides is 1. The van der Waals surface area contributed by atoms with Crippen molar-refractivity contribution in [2.24, 2.45) is 0 Å². The van der Waals surface area contributed by atoms with Gasteiger partial charge in [-0.25, -0.2) is 8.42 Å². The van der Waals surface area contributed by atoms with E-state index < -0.39 is 9.84 Å². The lowest BCUT2D eigenvalue weighted by molar-refractivity contribution is -0.120. The Morgan fingerprint density at radius 3 is 2.43 bits per heavy atom. The van der Waals surface area contributed by atoms with Crippen LogP contribution in [0.4, 0.5) is 11.9 Å². The molecule has 10 heteroatoms. The zero-order valence-corrected chi connectivity index (χ0v) is 18.2. The molecular formula is C20H28N6O3S. The van der Waals surface area contributed by atoms with Gasteiger partial charge in [-0.1, -0.05) is 18.2 Å². The smallest absolute Gasteiger partial charge is 0.230 e. The number of sulfone groups is 1. The summed E-state index contributed by atoms with van der Waals surface area (Å²) in [7, 11) is 0.214. The first-order valence-corrected chi connectivity index (χ1v) is 11.7. The van der Waals surface area contributed by atoms with Crippen molar-refractivity contribution < 1.29 is 13.2 Å². The molecule has 9 nitrogen and oxygen atoms in total. The molecule has 162 valence electrons. The highest BCUT2D eigenvalue weighted by Gasteiger charge is 2.18. The van der Waals surface area contributed by atoms with Crippen molar-refractivity contribution in [1.29, 1.82) is 0 Å². The number of hydrogen-bond donors (Lipinski definition) is 1. The lowest BCUT2D eigenvalue weighted by Crippen LogP contribution is -2.33. The van der Waals surface area contributed by atoms with E-state index in [9.17, 15) is 13.2 Å². The number of benzene rings is 1. The molecule has 2 heterocycles. The second kappa shape index (κ2) is 9.84. The molecule has 1 amide bonds. The van der Waals surface area contributed by atoms with Crippen LogP contribution in [0.15, 0.2) is 35.2 Å². The highest BCUT2D eigenvalue weighted by Crippen LogP contribution is 2.18. The predicted molar refractivity (Wildman–Crippen MR) is 115 cm³/mol. The van der Waals surface area contributed by atoms with Crippen LogP contribution in [0.2, 0.25) is 0 Å². The van der Waals surface area contributed by atoms with Gasteiger partial charge in [0.1, 0.15) is 0 Å². The van der Waals surface area contributed by atoms with Crippen molar-refractivity contribution in [2.45, 2.75) is 37.1 Å². The third-order valence-corrected chi connectivity index (χ3v) is 6.57. The van der Waals surface area contributed by atoms with Gasteiger partial charge in [-0.3, -0.25) is 4.79 Å². The SMILES string of the molecule is CN(C)c1nc(CNC(=O)CCS(=O)(=O)c2ccccc2)nc(N2CCCCC2)n1. The normalized spacial score (nSPS) is 14.4. The Hall–Kier alpha value is -2.75. The second-order valence-corrected chi connectivity index (χ2v) is 9.56. The molecule has 3 rings (SSSR count). The van der Waals surface area contributed by atoms with Gasteiger partial charge in [0.2, 0.25) is 17.8 Å². The van der Waals surface area contributed by atoms with Crippen molar-refractivity contribution in [3.8, 4) is 0 Å². The van der Waals surface area contributed by atoms with Crippen molar-refractivity contribution in [3.05, 3.63) is 36.2 Å². The van der Waals surface area contributed by atoms with E-state index in [0.717, 1.165) is 25.9 Å². The van der Waals surface area contributed by atoms with Gasteiger partial charge in [0.05, 0.1) is 17.2 Å². The first kappa shape index (κ1) is 21.9. The van der Waals surface area contributed by atoms with E-state index in [2.05, 4.69) is 25.2 Å². The van der Waals surface area contributed by atoms with Gasteiger partial charge >= 0.3 is 0 Å². The van der Waals surface area contributed by atoms with Gasteiger partial charge in [0.15, 0.2) is 15.7 Å². The van der Waals surface area contributed by atoms with Crippen LogP contribution in [0.5, 0.6) is 0 Å². The number of carbonyl (C=O) groups is 1. The Bertz CT molecular complexity index is 960. The summed E-state index contributed by atoms with van der Waals surface area (Å²) in [5, 5.41) is 2.73. The average molecular weight is 433 g/mol. The molecule has 2 aromatic rings. The monoisotopic (exact) mass is 432 g/mol. The van der Waals surface area contributed by atoms with Gasteiger partial charge < -0.3 is 15.1 Å². The first-order chi connectivity index (χ1) is 14.3. The van der Waals surface area contributed by atoms with E-state index in [1.54, 1.807) is 23.1 Å². The van der Waals surface area contributed by atoms with Crippen LogP contribution in [-0.2, 0) is 21.2 Å². The third kappa shape index (κ3) is 5.88. The number of aromatic nitrogens is 3. The highest BCUT2D eigenvalue weighted by molar-refractivity contribution is 7.91. The molecule has 1 aliphatic heterocycles. The van der Waals surface area contributed by atoms with E-state index in [1.165, 1.54) is 18.6 Å². The van der Waals surface area contributed by atoms with Crippen LogP contribution in [0.25, 0.3) is 0 Å². The Morgan fingerprint density at radius 2 is 1.77 bits per heavy atom. The Morgan fingerprint density at radius 1 is 1.07 bits per heavy atom. The van der Waals surface area contributed by atoms with Gasteiger partial charge in [0.25, 0.3) is 0 Å². The Balaban J connectivity index is 1.61. The molecule has 0 saturated carbocycles. The number of nitrogens with one attached hydrogen (secondary N) is 1. The van der Waals surface area contributed by atoms with Crippen LogP contribution in [0, 0.1) is 0 Å². The summed E-state index contributed by atoms with van der Waals surface area (Å²) in [6.45, 7) is 1.93. The zero-order valence-electron chi connectivity index (χ0n) is 17.4. The Labute approximate surface area is 177 Å². The molecule has 0 radical (unpaired) electrons. The van der Waals surface area contributed by atoms with E-state index in [4.69, 9.17) is 0 Å². The number of carbonyl (C=O) groups excluding carboxylic acids is 1. The van der Waals surface area contributed by atoms with Gasteiger partial charge in [-0.15, -0.1) is 0 Å². The quantitative estimate of drug-likeness (QED) is 0.667. The highest BCUT2D eigenvalue weighted by atomic mass is 32.2.